The minimum Gasteiger partial charge on any atom is -0.384 e. The number of hydrogen-bond acceptors (Lipinski definition) is 3. The lowest BCUT2D eigenvalue weighted by atomic mass is 9.79. The molecular weight excluding hydrogens is 202 g/mol. The Bertz CT molecular complexity index is 167. The smallest absolute Gasteiger partial charge is 0.250 e. The molecule has 2 N–H and O–H groups in total. The van der Waals surface area contributed by atoms with E-state index < -0.39 is 6.43 Å². The summed E-state index contributed by atoms with van der Waals surface area (Å²) in [6, 6.07) is 0. The number of alkyl halides is 2. The molecule has 1 aliphatic heterocycles. The maximum atomic E-state index is 12.0. The van der Waals surface area contributed by atoms with Gasteiger partial charge >= 0.3 is 0 Å². The number of rotatable bonds is 6. The molecule has 0 aliphatic carbocycles. The Morgan fingerprint density at radius 1 is 1.40 bits per heavy atom. The monoisotopic (exact) mass is 222 g/mol. The Kier molecular flexibility index (Phi) is 5.42. The van der Waals surface area contributed by atoms with Crippen LogP contribution < -0.4 is 10.6 Å². The van der Waals surface area contributed by atoms with E-state index in [9.17, 15) is 8.78 Å². The van der Waals surface area contributed by atoms with Crippen LogP contribution in [-0.2, 0) is 4.74 Å². The first-order valence-electron chi connectivity index (χ1n) is 5.37. The molecule has 1 saturated heterocycles. The number of hydrogen-bond donors (Lipinski definition) is 2. The number of nitrogens with one attached hydrogen (secondary N) is 2. The van der Waals surface area contributed by atoms with Crippen molar-refractivity contribution in [1.29, 1.82) is 0 Å². The van der Waals surface area contributed by atoms with Crippen molar-refractivity contribution in [3.05, 3.63) is 0 Å². The zero-order chi connectivity index (χ0) is 11.1. The topological polar surface area (TPSA) is 33.3 Å². The van der Waals surface area contributed by atoms with Gasteiger partial charge in [0.05, 0.1) is 13.2 Å². The number of halogens is 2. The second-order valence-corrected chi connectivity index (χ2v) is 4.20. The van der Waals surface area contributed by atoms with Gasteiger partial charge in [-0.05, 0) is 25.9 Å². The van der Waals surface area contributed by atoms with Crippen LogP contribution in [0.15, 0.2) is 0 Å². The normalized spacial score (nSPS) is 20.8. The predicted molar refractivity (Wildman–Crippen MR) is 55.3 cm³/mol. The van der Waals surface area contributed by atoms with Crippen LogP contribution in [0.25, 0.3) is 0 Å². The average Bonchev–Trinajstić information content (AvgIpc) is 2.19. The highest BCUT2D eigenvalue weighted by atomic mass is 19.3. The van der Waals surface area contributed by atoms with E-state index in [0.717, 1.165) is 25.9 Å². The van der Waals surface area contributed by atoms with E-state index in [0.29, 0.717) is 13.2 Å². The third-order valence-corrected chi connectivity index (χ3v) is 2.91. The Morgan fingerprint density at radius 3 is 2.60 bits per heavy atom. The van der Waals surface area contributed by atoms with Gasteiger partial charge in [-0.15, -0.1) is 0 Å². The molecule has 0 aromatic carbocycles. The summed E-state index contributed by atoms with van der Waals surface area (Å²) >= 11 is 0. The molecule has 1 heterocycles. The third-order valence-electron chi connectivity index (χ3n) is 2.91. The highest BCUT2D eigenvalue weighted by Crippen LogP contribution is 2.28. The van der Waals surface area contributed by atoms with Crippen molar-refractivity contribution >= 4 is 0 Å². The first-order valence-corrected chi connectivity index (χ1v) is 5.37. The minimum atomic E-state index is -2.27. The zero-order valence-corrected chi connectivity index (χ0v) is 9.19. The van der Waals surface area contributed by atoms with E-state index in [1.807, 2.05) is 0 Å². The van der Waals surface area contributed by atoms with Gasteiger partial charge in [-0.1, -0.05) is 0 Å². The van der Waals surface area contributed by atoms with Gasteiger partial charge in [0, 0.05) is 19.1 Å². The number of methoxy groups -OCH3 is 1. The summed E-state index contributed by atoms with van der Waals surface area (Å²) in [5.41, 5.74) is 0.0366. The van der Waals surface area contributed by atoms with Gasteiger partial charge in [-0.3, -0.25) is 0 Å². The van der Waals surface area contributed by atoms with Crippen molar-refractivity contribution in [2.24, 2.45) is 5.41 Å². The first kappa shape index (κ1) is 12.8. The number of ether oxygens (including phenoxy) is 1. The molecule has 0 bridgehead atoms. The average molecular weight is 222 g/mol. The van der Waals surface area contributed by atoms with E-state index in [1.165, 1.54) is 0 Å². The van der Waals surface area contributed by atoms with E-state index in [2.05, 4.69) is 10.6 Å². The van der Waals surface area contributed by atoms with Crippen molar-refractivity contribution in [3.8, 4) is 0 Å². The van der Waals surface area contributed by atoms with Gasteiger partial charge in [-0.25, -0.2) is 8.78 Å². The van der Waals surface area contributed by atoms with E-state index in [4.69, 9.17) is 4.74 Å². The molecule has 0 atom stereocenters. The fourth-order valence-electron chi connectivity index (χ4n) is 2.08. The van der Waals surface area contributed by atoms with Crippen LogP contribution in [0, 0.1) is 5.41 Å². The molecule has 0 aromatic heterocycles. The van der Waals surface area contributed by atoms with Crippen molar-refractivity contribution in [1.82, 2.24) is 10.6 Å². The molecule has 3 nitrogen and oxygen atoms in total. The van der Waals surface area contributed by atoms with Gasteiger partial charge in [0.2, 0.25) is 0 Å². The SMILES string of the molecule is COCC1(CNCC(F)F)CCNCC1. The standard InChI is InChI=1S/C10H20F2N2O/c1-15-8-10(2-4-13-5-3-10)7-14-6-9(11)12/h9,13-14H,2-8H2,1H3. The minimum absolute atomic E-state index is 0.0366. The second kappa shape index (κ2) is 6.35. The zero-order valence-electron chi connectivity index (χ0n) is 9.19. The van der Waals surface area contributed by atoms with Crippen LogP contribution in [0.2, 0.25) is 0 Å². The summed E-state index contributed by atoms with van der Waals surface area (Å²) in [5.74, 6) is 0. The highest BCUT2D eigenvalue weighted by molar-refractivity contribution is 4.86. The summed E-state index contributed by atoms with van der Waals surface area (Å²) in [5, 5.41) is 6.09. The summed E-state index contributed by atoms with van der Waals surface area (Å²) in [6.45, 7) is 2.93. The maximum absolute atomic E-state index is 12.0. The van der Waals surface area contributed by atoms with Gasteiger partial charge < -0.3 is 15.4 Å². The Labute approximate surface area is 89.6 Å². The first-order chi connectivity index (χ1) is 7.18. The molecule has 1 fully saturated rings. The Balaban J connectivity index is 2.34. The molecule has 1 rings (SSSR count). The van der Waals surface area contributed by atoms with Crippen molar-refractivity contribution in [2.45, 2.75) is 19.3 Å². The Morgan fingerprint density at radius 2 is 2.07 bits per heavy atom. The molecule has 1 aliphatic rings. The van der Waals surface area contributed by atoms with E-state index in [-0.39, 0.29) is 12.0 Å². The lowest BCUT2D eigenvalue weighted by Crippen LogP contribution is -2.46. The van der Waals surface area contributed by atoms with Gasteiger partial charge in [0.15, 0.2) is 0 Å². The van der Waals surface area contributed by atoms with Crippen LogP contribution in [0.1, 0.15) is 12.8 Å². The lowest BCUT2D eigenvalue weighted by molar-refractivity contribution is 0.0488. The maximum Gasteiger partial charge on any atom is 0.250 e. The molecule has 0 amide bonds. The van der Waals surface area contributed by atoms with E-state index in [1.54, 1.807) is 7.11 Å². The van der Waals surface area contributed by atoms with Crippen LogP contribution in [0.4, 0.5) is 8.78 Å². The van der Waals surface area contributed by atoms with E-state index >= 15 is 0 Å². The van der Waals surface area contributed by atoms with Crippen LogP contribution in [-0.4, -0.2) is 46.3 Å². The molecule has 0 saturated carbocycles. The molecule has 0 spiro atoms. The van der Waals surface area contributed by atoms with Gasteiger partial charge in [0.25, 0.3) is 6.43 Å². The summed E-state index contributed by atoms with van der Waals surface area (Å²) in [7, 11) is 1.66. The van der Waals surface area contributed by atoms with Gasteiger partial charge in [0.1, 0.15) is 0 Å². The van der Waals surface area contributed by atoms with Crippen molar-refractivity contribution in [3.63, 3.8) is 0 Å². The molecule has 0 aromatic rings. The quantitative estimate of drug-likeness (QED) is 0.699. The fourth-order valence-corrected chi connectivity index (χ4v) is 2.08. The van der Waals surface area contributed by atoms with Crippen LogP contribution in [0.5, 0.6) is 0 Å². The Hall–Kier alpha value is -0.260. The molecule has 0 unspecified atom stereocenters. The molecule has 15 heavy (non-hydrogen) atoms. The highest BCUT2D eigenvalue weighted by Gasteiger charge is 2.31. The summed E-state index contributed by atoms with van der Waals surface area (Å²) in [6.07, 6.45) is -0.306. The number of piperidine rings is 1. The predicted octanol–water partition coefficient (Wildman–Crippen LogP) is 0.857. The molecule has 90 valence electrons. The second-order valence-electron chi connectivity index (χ2n) is 4.20. The van der Waals surface area contributed by atoms with Crippen LogP contribution in [0.3, 0.4) is 0 Å². The van der Waals surface area contributed by atoms with Crippen LogP contribution >= 0.6 is 0 Å². The van der Waals surface area contributed by atoms with Gasteiger partial charge in [-0.2, -0.15) is 0 Å². The van der Waals surface area contributed by atoms with Crippen molar-refractivity contribution in [2.75, 3.05) is 39.9 Å². The largest absolute Gasteiger partial charge is 0.384 e. The molecule has 5 heteroatoms. The molecular formula is C10H20F2N2O. The summed E-state index contributed by atoms with van der Waals surface area (Å²) < 4.78 is 29.2. The summed E-state index contributed by atoms with van der Waals surface area (Å²) in [4.78, 5) is 0. The lowest BCUT2D eigenvalue weighted by Gasteiger charge is -2.37. The van der Waals surface area contributed by atoms with Crippen molar-refractivity contribution < 1.29 is 13.5 Å². The third kappa shape index (κ3) is 4.40. The fraction of sp³-hybridized carbons (Fsp3) is 1.00. The molecule has 0 radical (unpaired) electrons.